The zero-order valence-corrected chi connectivity index (χ0v) is 23.2. The lowest BCUT2D eigenvalue weighted by Crippen LogP contribution is -2.39. The molecule has 0 aromatic carbocycles. The number of pyridine rings is 2. The number of azide groups is 1. The molecule has 18 heteroatoms. The smallest absolute Gasteiger partial charge is 0.382 e. The number of Topliss-reactive ketones (excluding diaryl/α,β-unsaturated/α-hetero) is 2. The number of aromatic nitrogens is 2. The van der Waals surface area contributed by atoms with E-state index in [2.05, 4.69) is 45.6 Å². The van der Waals surface area contributed by atoms with Crippen LogP contribution in [0.4, 0.5) is 38.0 Å². The molecule has 0 spiro atoms. The first kappa shape index (κ1) is 35.9. The summed E-state index contributed by atoms with van der Waals surface area (Å²) >= 11 is 2.95. The molecule has 2 atom stereocenters. The van der Waals surface area contributed by atoms with Crippen molar-refractivity contribution >= 4 is 39.1 Å². The molecule has 42 heavy (non-hydrogen) atoms. The van der Waals surface area contributed by atoms with Crippen LogP contribution in [-0.4, -0.2) is 54.8 Å². The third-order valence-electron chi connectivity index (χ3n) is 5.30. The van der Waals surface area contributed by atoms with Crippen molar-refractivity contribution < 1.29 is 46.1 Å². The van der Waals surface area contributed by atoms with Gasteiger partial charge in [0.15, 0.2) is 11.6 Å². The summed E-state index contributed by atoms with van der Waals surface area (Å²) in [5.41, 5.74) is 1.95. The monoisotopic (exact) mass is 663 g/mol. The van der Waals surface area contributed by atoms with Crippen LogP contribution < -0.4 is 0 Å². The van der Waals surface area contributed by atoms with E-state index in [0.29, 0.717) is 12.1 Å². The van der Waals surface area contributed by atoms with Crippen molar-refractivity contribution in [1.82, 2.24) is 9.97 Å². The number of carbonyl (C=O) groups is 2. The van der Waals surface area contributed by atoms with Crippen molar-refractivity contribution in [2.75, 3.05) is 11.9 Å². The maximum atomic E-state index is 12.8. The van der Waals surface area contributed by atoms with Gasteiger partial charge in [0, 0.05) is 34.2 Å². The van der Waals surface area contributed by atoms with Crippen molar-refractivity contribution in [3.63, 3.8) is 0 Å². The van der Waals surface area contributed by atoms with E-state index >= 15 is 0 Å². The molecule has 0 amide bonds. The second kappa shape index (κ2) is 14.2. The van der Waals surface area contributed by atoms with Gasteiger partial charge in [-0.2, -0.15) is 26.3 Å². The average molecular weight is 664 g/mol. The molecule has 0 unspecified atom stereocenters. The number of hydrogen-bond donors (Lipinski definition) is 2. The van der Waals surface area contributed by atoms with Gasteiger partial charge in [-0.25, -0.2) is 0 Å². The molecule has 0 radical (unpaired) electrons. The van der Waals surface area contributed by atoms with Crippen LogP contribution in [0.1, 0.15) is 36.1 Å². The lowest BCUT2D eigenvalue weighted by Gasteiger charge is -2.19. The van der Waals surface area contributed by atoms with Crippen LogP contribution in [0.25, 0.3) is 20.1 Å². The van der Waals surface area contributed by atoms with Gasteiger partial charge in [0.2, 0.25) is 0 Å². The Balaban J connectivity index is 0.000000422. The number of halogens is 7. The average Bonchev–Trinajstić information content (AvgIpc) is 2.91. The minimum atomic E-state index is -4.78. The highest BCUT2D eigenvalue weighted by Crippen LogP contribution is 2.37. The van der Waals surface area contributed by atoms with E-state index in [1.807, 2.05) is 0 Å². The molecule has 224 valence electrons. The fourth-order valence-corrected chi connectivity index (χ4v) is 3.19. The molecule has 0 aliphatic heterocycles. The van der Waals surface area contributed by atoms with Gasteiger partial charge in [-0.3, -0.25) is 9.59 Å². The van der Waals surface area contributed by atoms with Crippen molar-refractivity contribution in [1.29, 1.82) is 0 Å². The molecule has 0 aliphatic rings. The van der Waals surface area contributed by atoms with Crippen molar-refractivity contribution in [2.24, 2.45) is 5.11 Å². The first-order chi connectivity index (χ1) is 19.2. The second-order valence-corrected chi connectivity index (χ2v) is 9.48. The van der Waals surface area contributed by atoms with E-state index in [1.165, 1.54) is 6.92 Å². The molecule has 2 aromatic heterocycles. The van der Waals surface area contributed by atoms with Crippen LogP contribution in [0.3, 0.4) is 0 Å². The highest BCUT2D eigenvalue weighted by Gasteiger charge is 2.37. The number of ketones is 2. The van der Waals surface area contributed by atoms with E-state index < -0.39 is 77.3 Å². The second-order valence-electron chi connectivity index (χ2n) is 8.92. The summed E-state index contributed by atoms with van der Waals surface area (Å²) in [5.74, 6) is -3.05. The van der Waals surface area contributed by atoms with Gasteiger partial charge in [0.25, 0.3) is 11.6 Å². The maximum absolute atomic E-state index is 12.8. The topological polar surface area (TPSA) is 158 Å². The van der Waals surface area contributed by atoms with Crippen LogP contribution in [0.5, 0.6) is 0 Å². The zero-order valence-electron chi connectivity index (χ0n) is 21.6. The number of carbonyl (C=O) groups excluding carboxylic acids is 2. The SMILES string of the molecule is [C-]#[N+]c1ncc(CC(=O)[C@@](C)(O)CBr)cc1C(F)(F)F.[C-]#[N+]c1ncc(CC(=O)[C@@](C)(O)CN=[N+]=[N-])cc1C(F)(F)F. The summed E-state index contributed by atoms with van der Waals surface area (Å²) in [4.78, 5) is 38.1. The molecule has 11 nitrogen and oxygen atoms in total. The molecule has 0 saturated carbocycles. The Hall–Kier alpha value is -4.09. The number of hydrogen-bond acceptors (Lipinski definition) is 7. The Kier molecular flexibility index (Phi) is 12.1. The summed E-state index contributed by atoms with van der Waals surface area (Å²) in [6.07, 6.45) is -8.44. The van der Waals surface area contributed by atoms with Crippen molar-refractivity contribution in [3.8, 4) is 0 Å². The third kappa shape index (κ3) is 10.1. The lowest BCUT2D eigenvalue weighted by atomic mass is 9.95. The number of rotatable bonds is 9. The van der Waals surface area contributed by atoms with E-state index in [9.17, 15) is 46.1 Å². The van der Waals surface area contributed by atoms with Crippen LogP contribution in [0.15, 0.2) is 29.6 Å². The predicted molar refractivity (Wildman–Crippen MR) is 137 cm³/mol. The normalized spacial score (nSPS) is 14.0. The summed E-state index contributed by atoms with van der Waals surface area (Å²) in [7, 11) is 0. The van der Waals surface area contributed by atoms with Gasteiger partial charge in [-0.05, 0) is 19.4 Å². The molecule has 0 fully saturated rings. The largest absolute Gasteiger partial charge is 0.409 e. The molecule has 0 saturated heterocycles. The lowest BCUT2D eigenvalue weighted by molar-refractivity contribution is -0.138. The van der Waals surface area contributed by atoms with E-state index in [-0.39, 0.29) is 16.5 Å². The molecule has 0 aliphatic carbocycles. The molecule has 0 bridgehead atoms. The Morgan fingerprint density at radius 1 is 0.881 bits per heavy atom. The third-order valence-corrected chi connectivity index (χ3v) is 6.39. The number of alkyl halides is 7. The molecular formula is C24H20BrF6N7O4. The minimum Gasteiger partial charge on any atom is -0.382 e. The van der Waals surface area contributed by atoms with Gasteiger partial charge >= 0.3 is 12.4 Å². The Morgan fingerprint density at radius 2 is 1.26 bits per heavy atom. The first-order valence-electron chi connectivity index (χ1n) is 11.2. The summed E-state index contributed by atoms with van der Waals surface area (Å²) < 4.78 is 76.5. The van der Waals surface area contributed by atoms with Crippen molar-refractivity contribution in [3.05, 3.63) is 80.1 Å². The molecular weight excluding hydrogens is 644 g/mol. The van der Waals surface area contributed by atoms with Crippen LogP contribution >= 0.6 is 15.9 Å². The number of aliphatic hydroxyl groups is 2. The molecule has 2 N–H and O–H groups in total. The fraction of sp³-hybridized carbons (Fsp3) is 0.417. The maximum Gasteiger partial charge on any atom is 0.409 e. The Morgan fingerprint density at radius 3 is 1.57 bits per heavy atom. The zero-order chi connectivity index (χ0) is 32.5. The van der Waals surface area contributed by atoms with E-state index in [1.54, 1.807) is 0 Å². The van der Waals surface area contributed by atoms with E-state index in [4.69, 9.17) is 18.7 Å². The minimum absolute atomic E-state index is 0.00375. The van der Waals surface area contributed by atoms with Gasteiger partial charge in [0.05, 0.1) is 17.7 Å². The Labute approximate surface area is 242 Å². The summed E-state index contributed by atoms with van der Waals surface area (Å²) in [5, 5.41) is 22.5. The van der Waals surface area contributed by atoms with Gasteiger partial charge in [-0.15, -0.1) is 9.97 Å². The van der Waals surface area contributed by atoms with Crippen LogP contribution in [0, 0.1) is 13.1 Å². The molecule has 2 aromatic rings. The van der Waals surface area contributed by atoms with Crippen molar-refractivity contribution in [2.45, 2.75) is 50.2 Å². The van der Waals surface area contributed by atoms with Crippen LogP contribution in [-0.2, 0) is 34.8 Å². The highest BCUT2D eigenvalue weighted by molar-refractivity contribution is 9.09. The molecule has 2 heterocycles. The standard InChI is InChI=1S/C12H10BrF3N2O2.C12H10F3N5O2/c1-11(20,6-13)9(19)4-7-3-8(12(14,15)16)10(17-2)18-5-7;1-11(22,6-19-20-16)9(21)4-7-3-8(12(13,14)15)10(17-2)18-5-7/h3,5,20H,4,6H2,1H3;3,5,22H,4,6H2,1H3/t2*11-/m00/s1. The van der Waals surface area contributed by atoms with E-state index in [0.717, 1.165) is 19.3 Å². The first-order valence-corrected chi connectivity index (χ1v) is 12.3. The Bertz CT molecular complexity index is 1460. The predicted octanol–water partition coefficient (Wildman–Crippen LogP) is 5.73. The fourth-order valence-electron chi connectivity index (χ4n) is 2.87. The number of nitrogens with zero attached hydrogens (tertiary/aromatic N) is 7. The van der Waals surface area contributed by atoms with Gasteiger partial charge in [-0.1, -0.05) is 46.3 Å². The molecule has 2 rings (SSSR count). The van der Waals surface area contributed by atoms with Crippen LogP contribution in [0.2, 0.25) is 0 Å². The van der Waals surface area contributed by atoms with Gasteiger partial charge < -0.3 is 19.9 Å². The highest BCUT2D eigenvalue weighted by atomic mass is 79.9. The quantitative estimate of drug-likeness (QED) is 0.0870. The summed E-state index contributed by atoms with van der Waals surface area (Å²) in [6.45, 7) is 15.1. The summed E-state index contributed by atoms with van der Waals surface area (Å²) in [6, 6.07) is 1.35. The van der Waals surface area contributed by atoms with Gasteiger partial charge in [0.1, 0.15) is 23.6 Å².